The van der Waals surface area contributed by atoms with Gasteiger partial charge in [0.25, 0.3) is 5.69 Å². The first-order chi connectivity index (χ1) is 10.2. The number of hydrazine groups is 1. The molecule has 1 heterocycles. The van der Waals surface area contributed by atoms with E-state index in [-0.39, 0.29) is 18.3 Å². The van der Waals surface area contributed by atoms with Crippen LogP contribution in [0.4, 0.5) is 11.4 Å². The number of anilines is 1. The Labute approximate surface area is 123 Å². The molecule has 7 heteroatoms. The number of nitrogen functional groups attached to an aromatic ring is 1. The monoisotopic (exact) mass is 294 g/mol. The lowest BCUT2D eigenvalue weighted by atomic mass is 10.1. The molecule has 0 bridgehead atoms. The maximum atomic E-state index is 11.1. The number of nitro benzene ring substituents is 1. The summed E-state index contributed by atoms with van der Waals surface area (Å²) in [7, 11) is 0. The molecule has 0 saturated carbocycles. The van der Waals surface area contributed by atoms with Crippen LogP contribution in [0.2, 0.25) is 0 Å². The number of nitro groups is 1. The lowest BCUT2D eigenvalue weighted by molar-refractivity contribution is -0.384. The third kappa shape index (κ3) is 3.69. The van der Waals surface area contributed by atoms with Crippen LogP contribution in [-0.2, 0) is 6.54 Å². The second-order valence-corrected chi connectivity index (χ2v) is 5.37. The van der Waals surface area contributed by atoms with Crippen LogP contribution in [0.3, 0.4) is 0 Å². The van der Waals surface area contributed by atoms with Crippen molar-refractivity contribution in [2.45, 2.75) is 38.3 Å². The maximum absolute atomic E-state index is 11.1. The van der Waals surface area contributed by atoms with Gasteiger partial charge in [-0.25, -0.2) is 0 Å². The average molecular weight is 294 g/mol. The Bertz CT molecular complexity index is 495. The van der Waals surface area contributed by atoms with Gasteiger partial charge in [0, 0.05) is 18.7 Å². The topological polar surface area (TPSA) is 105 Å². The van der Waals surface area contributed by atoms with Crippen LogP contribution < -0.4 is 11.3 Å². The highest BCUT2D eigenvalue weighted by atomic mass is 16.6. The lowest BCUT2D eigenvalue weighted by Crippen LogP contribution is -2.37. The van der Waals surface area contributed by atoms with Crippen molar-refractivity contribution >= 4 is 11.4 Å². The summed E-state index contributed by atoms with van der Waals surface area (Å²) in [6.45, 7) is 1.55. The Morgan fingerprint density at radius 1 is 1.43 bits per heavy atom. The highest BCUT2D eigenvalue weighted by Gasteiger charge is 2.23. The van der Waals surface area contributed by atoms with Crippen molar-refractivity contribution in [3.8, 4) is 0 Å². The van der Waals surface area contributed by atoms with E-state index in [1.807, 2.05) is 6.07 Å². The van der Waals surface area contributed by atoms with Gasteiger partial charge >= 0.3 is 0 Å². The zero-order valence-electron chi connectivity index (χ0n) is 12.0. The Morgan fingerprint density at radius 3 is 2.90 bits per heavy atom. The van der Waals surface area contributed by atoms with Gasteiger partial charge in [0.2, 0.25) is 0 Å². The van der Waals surface area contributed by atoms with Crippen LogP contribution in [0.1, 0.15) is 31.2 Å². The summed E-state index contributed by atoms with van der Waals surface area (Å²) < 4.78 is 0. The number of rotatable bonds is 5. The van der Waals surface area contributed by atoms with E-state index >= 15 is 0 Å². The molecule has 7 nitrogen and oxygen atoms in total. The normalized spacial score (nSPS) is 20.0. The summed E-state index contributed by atoms with van der Waals surface area (Å²) in [5.41, 5.74) is 3.56. The number of benzene rings is 1. The number of nitrogens with one attached hydrogen (secondary N) is 1. The number of aliphatic hydroxyl groups excluding tert-OH is 1. The zero-order valence-corrected chi connectivity index (χ0v) is 12.0. The molecule has 4 N–H and O–H groups in total. The first-order valence-corrected chi connectivity index (χ1v) is 7.25. The zero-order chi connectivity index (χ0) is 15.2. The van der Waals surface area contributed by atoms with Gasteiger partial charge in [0.05, 0.1) is 11.5 Å². The molecule has 0 amide bonds. The molecule has 1 aromatic carbocycles. The predicted molar refractivity (Wildman–Crippen MR) is 80.7 cm³/mol. The molecule has 1 unspecified atom stereocenters. The van der Waals surface area contributed by atoms with Crippen molar-refractivity contribution in [3.05, 3.63) is 33.9 Å². The van der Waals surface area contributed by atoms with E-state index in [9.17, 15) is 15.2 Å². The molecule has 1 aliphatic rings. The summed E-state index contributed by atoms with van der Waals surface area (Å²) in [6, 6.07) is 5.05. The summed E-state index contributed by atoms with van der Waals surface area (Å²) in [5.74, 6) is 5.47. The van der Waals surface area contributed by atoms with Crippen molar-refractivity contribution in [2.24, 2.45) is 5.84 Å². The van der Waals surface area contributed by atoms with E-state index in [2.05, 4.69) is 10.3 Å². The molecular weight excluding hydrogens is 272 g/mol. The molecule has 1 aliphatic heterocycles. The molecule has 2 rings (SSSR count). The van der Waals surface area contributed by atoms with Gasteiger partial charge < -0.3 is 10.5 Å². The molecule has 1 saturated heterocycles. The highest BCUT2D eigenvalue weighted by Crippen LogP contribution is 2.29. The fourth-order valence-corrected chi connectivity index (χ4v) is 2.91. The number of nitrogens with two attached hydrogens (primary N) is 1. The quantitative estimate of drug-likeness (QED) is 0.433. The molecule has 0 aromatic heterocycles. The summed E-state index contributed by atoms with van der Waals surface area (Å²) in [5, 5.41) is 20.6. The first-order valence-electron chi connectivity index (χ1n) is 7.25. The van der Waals surface area contributed by atoms with Gasteiger partial charge in [0.1, 0.15) is 5.69 Å². The minimum absolute atomic E-state index is 0.0228. The third-order valence-corrected chi connectivity index (χ3v) is 4.05. The predicted octanol–water partition coefficient (Wildman–Crippen LogP) is 1.62. The molecule has 0 radical (unpaired) electrons. The Morgan fingerprint density at radius 2 is 2.24 bits per heavy atom. The van der Waals surface area contributed by atoms with Crippen LogP contribution >= 0.6 is 0 Å². The largest absolute Gasteiger partial charge is 0.395 e. The SMILES string of the molecule is NNc1c(CN2CCCCCC2CO)cccc1[N+](=O)[O-]. The van der Waals surface area contributed by atoms with Crippen LogP contribution in [0.25, 0.3) is 0 Å². The summed E-state index contributed by atoms with van der Waals surface area (Å²) >= 11 is 0. The Kier molecular flexibility index (Phi) is 5.49. The number of para-hydroxylation sites is 1. The molecule has 1 atom stereocenters. The van der Waals surface area contributed by atoms with Gasteiger partial charge in [-0.2, -0.15) is 0 Å². The van der Waals surface area contributed by atoms with E-state index in [0.29, 0.717) is 12.2 Å². The van der Waals surface area contributed by atoms with Crippen molar-refractivity contribution in [1.82, 2.24) is 4.90 Å². The second kappa shape index (κ2) is 7.35. The molecule has 1 aromatic rings. The molecular formula is C14H22N4O3. The maximum Gasteiger partial charge on any atom is 0.293 e. The van der Waals surface area contributed by atoms with Crippen LogP contribution in [0.5, 0.6) is 0 Å². The smallest absolute Gasteiger partial charge is 0.293 e. The standard InChI is InChI=1S/C14H22N4O3/c15-16-14-11(5-4-7-13(14)18(20)21)9-17-8-3-1-2-6-12(17)10-19/h4-5,7,12,16,19H,1-3,6,8-10,15H2. The fraction of sp³-hybridized carbons (Fsp3) is 0.571. The van der Waals surface area contributed by atoms with Gasteiger partial charge in [-0.05, 0) is 24.9 Å². The highest BCUT2D eigenvalue weighted by molar-refractivity contribution is 5.65. The minimum atomic E-state index is -0.440. The van der Waals surface area contributed by atoms with Gasteiger partial charge in [-0.15, -0.1) is 0 Å². The van der Waals surface area contributed by atoms with Gasteiger partial charge in [0.15, 0.2) is 0 Å². The average Bonchev–Trinajstić information content (AvgIpc) is 2.71. The van der Waals surface area contributed by atoms with Crippen LogP contribution in [0, 0.1) is 10.1 Å². The van der Waals surface area contributed by atoms with E-state index in [1.54, 1.807) is 6.07 Å². The van der Waals surface area contributed by atoms with E-state index in [4.69, 9.17) is 5.84 Å². The van der Waals surface area contributed by atoms with Gasteiger partial charge in [-0.1, -0.05) is 25.0 Å². The first kappa shape index (κ1) is 15.7. The van der Waals surface area contributed by atoms with Crippen LogP contribution in [0.15, 0.2) is 18.2 Å². The molecule has 116 valence electrons. The summed E-state index contributed by atoms with van der Waals surface area (Å²) in [6.07, 6.45) is 4.30. The molecule has 1 fully saturated rings. The fourth-order valence-electron chi connectivity index (χ4n) is 2.91. The minimum Gasteiger partial charge on any atom is -0.395 e. The van der Waals surface area contributed by atoms with E-state index < -0.39 is 4.92 Å². The Balaban J connectivity index is 2.25. The Hall–Kier alpha value is -1.70. The van der Waals surface area contributed by atoms with Crippen molar-refractivity contribution in [3.63, 3.8) is 0 Å². The van der Waals surface area contributed by atoms with Crippen molar-refractivity contribution < 1.29 is 10.0 Å². The lowest BCUT2D eigenvalue weighted by Gasteiger charge is -2.29. The van der Waals surface area contributed by atoms with Crippen molar-refractivity contribution in [2.75, 3.05) is 18.6 Å². The molecule has 0 aliphatic carbocycles. The number of nitrogens with zero attached hydrogens (tertiary/aromatic N) is 2. The number of hydrogen-bond acceptors (Lipinski definition) is 6. The molecule has 21 heavy (non-hydrogen) atoms. The van der Waals surface area contributed by atoms with Crippen molar-refractivity contribution in [1.29, 1.82) is 0 Å². The van der Waals surface area contributed by atoms with Crippen LogP contribution in [-0.4, -0.2) is 34.1 Å². The molecule has 0 spiro atoms. The third-order valence-electron chi connectivity index (χ3n) is 4.05. The number of likely N-dealkylation sites (tertiary alicyclic amines) is 1. The summed E-state index contributed by atoms with van der Waals surface area (Å²) in [4.78, 5) is 12.8. The second-order valence-electron chi connectivity index (χ2n) is 5.37. The number of hydrogen-bond donors (Lipinski definition) is 3. The van der Waals surface area contributed by atoms with Gasteiger partial charge in [-0.3, -0.25) is 20.9 Å². The number of aliphatic hydroxyl groups is 1. The van der Waals surface area contributed by atoms with E-state index in [1.165, 1.54) is 6.07 Å². The van der Waals surface area contributed by atoms with E-state index in [0.717, 1.165) is 37.8 Å².